The van der Waals surface area contributed by atoms with Crippen LogP contribution in [-0.4, -0.2) is 15.5 Å². The monoisotopic (exact) mass is 377 g/mol. The van der Waals surface area contributed by atoms with Gasteiger partial charge in [0.25, 0.3) is 0 Å². The van der Waals surface area contributed by atoms with E-state index in [0.717, 1.165) is 33.1 Å². The third-order valence-electron chi connectivity index (χ3n) is 5.40. The van der Waals surface area contributed by atoms with Gasteiger partial charge in [0.2, 0.25) is 0 Å². The Labute approximate surface area is 168 Å². The molecule has 5 aromatic rings. The zero-order valence-electron chi connectivity index (χ0n) is 16.0. The number of Topliss-reactive ketones (excluding diaryl/α,β-unsaturated/α-hetero) is 1. The number of hydrogen-bond acceptors (Lipinski definition) is 2. The van der Waals surface area contributed by atoms with Crippen molar-refractivity contribution in [2.45, 2.75) is 6.92 Å². The SMILES string of the molecule is CC(=O)c1ccccc1-c1cc2c3ccccc3n(-c3ccccc3)c2cc1O. The zero-order chi connectivity index (χ0) is 20.0. The van der Waals surface area contributed by atoms with Gasteiger partial charge in [-0.3, -0.25) is 4.79 Å². The lowest BCUT2D eigenvalue weighted by Gasteiger charge is -2.11. The number of fused-ring (bicyclic) bond motifs is 3. The second kappa shape index (κ2) is 6.64. The van der Waals surface area contributed by atoms with Gasteiger partial charge in [0.15, 0.2) is 5.78 Å². The number of carbonyl (C=O) groups excluding carboxylic acids is 1. The number of aromatic nitrogens is 1. The van der Waals surface area contributed by atoms with Crippen LogP contribution < -0.4 is 0 Å². The van der Waals surface area contributed by atoms with E-state index in [-0.39, 0.29) is 11.5 Å². The van der Waals surface area contributed by atoms with Crippen LogP contribution in [0.15, 0.2) is 91.0 Å². The summed E-state index contributed by atoms with van der Waals surface area (Å²) in [4.78, 5) is 12.1. The Morgan fingerprint density at radius 1 is 0.724 bits per heavy atom. The van der Waals surface area contributed by atoms with Gasteiger partial charge in [-0.2, -0.15) is 0 Å². The number of aromatic hydroxyl groups is 1. The number of para-hydroxylation sites is 2. The molecule has 1 aromatic heterocycles. The van der Waals surface area contributed by atoms with Crippen LogP contribution in [-0.2, 0) is 0 Å². The molecule has 4 aromatic carbocycles. The topological polar surface area (TPSA) is 42.2 Å². The first-order valence-electron chi connectivity index (χ1n) is 9.57. The largest absolute Gasteiger partial charge is 0.507 e. The molecule has 5 rings (SSSR count). The molecule has 1 N–H and O–H groups in total. The number of carbonyl (C=O) groups is 1. The summed E-state index contributed by atoms with van der Waals surface area (Å²) in [5.41, 5.74) is 5.06. The lowest BCUT2D eigenvalue weighted by atomic mass is 9.95. The van der Waals surface area contributed by atoms with E-state index in [4.69, 9.17) is 0 Å². The number of ketones is 1. The molecule has 0 spiro atoms. The van der Waals surface area contributed by atoms with E-state index in [1.807, 2.05) is 54.6 Å². The molecule has 3 nitrogen and oxygen atoms in total. The van der Waals surface area contributed by atoms with Crippen molar-refractivity contribution in [2.75, 3.05) is 0 Å². The van der Waals surface area contributed by atoms with E-state index in [1.54, 1.807) is 19.1 Å². The van der Waals surface area contributed by atoms with Gasteiger partial charge in [-0.1, -0.05) is 60.7 Å². The van der Waals surface area contributed by atoms with Crippen LogP contribution in [0.3, 0.4) is 0 Å². The van der Waals surface area contributed by atoms with Gasteiger partial charge in [0, 0.05) is 33.7 Å². The summed E-state index contributed by atoms with van der Waals surface area (Å²) in [6, 6.07) is 29.5. The lowest BCUT2D eigenvalue weighted by molar-refractivity contribution is 0.101. The van der Waals surface area contributed by atoms with Crippen LogP contribution in [0, 0.1) is 0 Å². The Kier molecular flexibility index (Phi) is 3.95. The molecular formula is C26H19NO2. The Morgan fingerprint density at radius 2 is 1.41 bits per heavy atom. The highest BCUT2D eigenvalue weighted by atomic mass is 16.3. The standard InChI is InChI=1S/C26H19NO2/c1-17(28)19-11-5-6-12-20(19)23-15-22-21-13-7-8-14-24(21)27(25(22)16-26(23)29)18-9-3-2-4-10-18/h2-16,29H,1H3. The minimum Gasteiger partial charge on any atom is -0.507 e. The van der Waals surface area contributed by atoms with Crippen molar-refractivity contribution in [1.82, 2.24) is 4.57 Å². The van der Waals surface area contributed by atoms with Crippen molar-refractivity contribution in [1.29, 1.82) is 0 Å². The first kappa shape index (κ1) is 17.3. The summed E-state index contributed by atoms with van der Waals surface area (Å²) in [5, 5.41) is 13.1. The van der Waals surface area contributed by atoms with Crippen molar-refractivity contribution in [3.8, 4) is 22.6 Å². The Balaban J connectivity index is 1.88. The fourth-order valence-electron chi connectivity index (χ4n) is 4.10. The van der Waals surface area contributed by atoms with Gasteiger partial charge in [-0.25, -0.2) is 0 Å². The molecule has 0 aliphatic rings. The maximum absolute atomic E-state index is 12.1. The van der Waals surface area contributed by atoms with Crippen LogP contribution in [0.5, 0.6) is 5.75 Å². The number of nitrogens with zero attached hydrogens (tertiary/aromatic N) is 1. The summed E-state index contributed by atoms with van der Waals surface area (Å²) in [5.74, 6) is 0.137. The third kappa shape index (κ3) is 2.71. The normalized spacial score (nSPS) is 11.2. The van der Waals surface area contributed by atoms with Crippen molar-refractivity contribution in [3.05, 3.63) is 96.6 Å². The first-order chi connectivity index (χ1) is 14.1. The summed E-state index contributed by atoms with van der Waals surface area (Å²) in [6.45, 7) is 1.55. The second-order valence-electron chi connectivity index (χ2n) is 7.18. The predicted molar refractivity (Wildman–Crippen MR) is 118 cm³/mol. The first-order valence-corrected chi connectivity index (χ1v) is 9.57. The molecule has 0 saturated carbocycles. The number of phenols is 1. The molecule has 0 aliphatic carbocycles. The van der Waals surface area contributed by atoms with Crippen molar-refractivity contribution in [2.24, 2.45) is 0 Å². The molecule has 1 heterocycles. The van der Waals surface area contributed by atoms with Crippen LogP contribution in [0.1, 0.15) is 17.3 Å². The summed E-state index contributed by atoms with van der Waals surface area (Å²) in [7, 11) is 0. The molecule has 0 bridgehead atoms. The molecule has 3 heteroatoms. The Hall–Kier alpha value is -3.85. The molecule has 0 aliphatic heterocycles. The van der Waals surface area contributed by atoms with Crippen molar-refractivity contribution >= 4 is 27.6 Å². The molecule has 0 unspecified atom stereocenters. The second-order valence-corrected chi connectivity index (χ2v) is 7.18. The molecular weight excluding hydrogens is 358 g/mol. The highest BCUT2D eigenvalue weighted by molar-refractivity contribution is 6.12. The molecule has 0 radical (unpaired) electrons. The van der Waals surface area contributed by atoms with E-state index < -0.39 is 0 Å². The molecule has 0 amide bonds. The van der Waals surface area contributed by atoms with E-state index in [1.165, 1.54) is 0 Å². The molecule has 0 fully saturated rings. The molecule has 0 saturated heterocycles. The summed E-state index contributed by atoms with van der Waals surface area (Å²) < 4.78 is 2.16. The van der Waals surface area contributed by atoms with E-state index >= 15 is 0 Å². The predicted octanol–water partition coefficient (Wildman–Crippen LogP) is 6.36. The van der Waals surface area contributed by atoms with Crippen LogP contribution in [0.2, 0.25) is 0 Å². The fourth-order valence-corrected chi connectivity index (χ4v) is 4.10. The minimum atomic E-state index is -0.0215. The zero-order valence-corrected chi connectivity index (χ0v) is 16.0. The number of benzene rings is 4. The molecule has 29 heavy (non-hydrogen) atoms. The average molecular weight is 377 g/mol. The van der Waals surface area contributed by atoms with E-state index in [2.05, 4.69) is 28.8 Å². The van der Waals surface area contributed by atoms with Crippen LogP contribution in [0.25, 0.3) is 38.6 Å². The van der Waals surface area contributed by atoms with Crippen molar-refractivity contribution < 1.29 is 9.90 Å². The van der Waals surface area contributed by atoms with E-state index in [9.17, 15) is 9.90 Å². The van der Waals surface area contributed by atoms with Crippen molar-refractivity contribution in [3.63, 3.8) is 0 Å². The number of phenolic OH excluding ortho intramolecular Hbond substituents is 1. The maximum atomic E-state index is 12.1. The van der Waals surface area contributed by atoms with Gasteiger partial charge in [0.1, 0.15) is 5.75 Å². The third-order valence-corrected chi connectivity index (χ3v) is 5.40. The number of hydrogen-bond donors (Lipinski definition) is 1. The number of rotatable bonds is 3. The average Bonchev–Trinajstić information content (AvgIpc) is 3.07. The van der Waals surface area contributed by atoms with Crippen LogP contribution >= 0.6 is 0 Å². The Morgan fingerprint density at radius 3 is 2.21 bits per heavy atom. The van der Waals surface area contributed by atoms with Gasteiger partial charge in [-0.05, 0) is 36.8 Å². The van der Waals surface area contributed by atoms with Crippen LogP contribution in [0.4, 0.5) is 0 Å². The van der Waals surface area contributed by atoms with Gasteiger partial charge in [-0.15, -0.1) is 0 Å². The smallest absolute Gasteiger partial charge is 0.160 e. The van der Waals surface area contributed by atoms with Gasteiger partial charge < -0.3 is 9.67 Å². The minimum absolute atomic E-state index is 0.0215. The summed E-state index contributed by atoms with van der Waals surface area (Å²) in [6.07, 6.45) is 0. The highest BCUT2D eigenvalue weighted by Gasteiger charge is 2.18. The maximum Gasteiger partial charge on any atom is 0.160 e. The molecule has 0 atom stereocenters. The molecule has 140 valence electrons. The highest BCUT2D eigenvalue weighted by Crippen LogP contribution is 2.40. The van der Waals surface area contributed by atoms with E-state index in [0.29, 0.717) is 11.1 Å². The van der Waals surface area contributed by atoms with Gasteiger partial charge in [0.05, 0.1) is 11.0 Å². The quantitative estimate of drug-likeness (QED) is 0.372. The lowest BCUT2D eigenvalue weighted by Crippen LogP contribution is -1.96. The summed E-state index contributed by atoms with van der Waals surface area (Å²) >= 11 is 0. The van der Waals surface area contributed by atoms with Gasteiger partial charge >= 0.3 is 0 Å². The Bertz CT molecular complexity index is 1380. The fraction of sp³-hybridized carbons (Fsp3) is 0.0385.